The number of hydrogen-bond donors (Lipinski definition) is 2. The molecule has 1 fully saturated rings. The van der Waals surface area contributed by atoms with Crippen LogP contribution in [-0.2, 0) is 6.54 Å². The van der Waals surface area contributed by atoms with Crippen molar-refractivity contribution < 1.29 is 14.6 Å². The van der Waals surface area contributed by atoms with Crippen LogP contribution in [-0.4, -0.2) is 28.8 Å². The molecule has 9 heteroatoms. The van der Waals surface area contributed by atoms with Crippen LogP contribution in [0.3, 0.4) is 0 Å². The van der Waals surface area contributed by atoms with Crippen LogP contribution in [0, 0.1) is 17.2 Å². The van der Waals surface area contributed by atoms with E-state index in [0.717, 1.165) is 42.3 Å². The first-order chi connectivity index (χ1) is 16.0. The molecule has 1 aliphatic carbocycles. The predicted molar refractivity (Wildman–Crippen MR) is 123 cm³/mol. The minimum atomic E-state index is -1.03. The zero-order valence-electron chi connectivity index (χ0n) is 17.8. The molecule has 1 amide bonds. The maximum Gasteiger partial charge on any atom is 0.412 e. The number of para-hydroxylation sites is 1. The van der Waals surface area contributed by atoms with Gasteiger partial charge in [0.25, 0.3) is 0 Å². The fourth-order valence-corrected chi connectivity index (χ4v) is 4.97. The summed E-state index contributed by atoms with van der Waals surface area (Å²) >= 11 is 6.25. The molecule has 2 aliphatic heterocycles. The number of rotatable bonds is 3. The van der Waals surface area contributed by atoms with E-state index in [1.165, 1.54) is 4.90 Å². The number of H-pyrrole nitrogens is 1. The van der Waals surface area contributed by atoms with Gasteiger partial charge in [-0.3, -0.25) is 4.90 Å². The van der Waals surface area contributed by atoms with E-state index in [4.69, 9.17) is 16.3 Å². The van der Waals surface area contributed by atoms with E-state index < -0.39 is 6.09 Å². The highest BCUT2D eigenvalue weighted by Crippen LogP contribution is 2.35. The maximum absolute atomic E-state index is 11.9. The third-order valence-electron chi connectivity index (χ3n) is 6.38. The van der Waals surface area contributed by atoms with Gasteiger partial charge in [0.1, 0.15) is 11.8 Å². The number of nitrogens with one attached hydrogen (secondary N) is 1. The lowest BCUT2D eigenvalue weighted by atomic mass is 9.84. The standard InChI is InChI=1S/C24H22ClN5O3/c25-16-9-10-30(24(31)32)23-18-13-27-29-21(22(18)28-19(23)11-16)14-5-7-17(8-6-14)33-20-4-2-1-3-15(20)12-26/h1-4,9,11,14,17,28H,5-8,10,13H2,(H,31,32). The molecule has 8 nitrogen and oxygen atoms in total. The van der Waals surface area contributed by atoms with Gasteiger partial charge in [0.05, 0.1) is 40.3 Å². The number of carbonyl (C=O) groups is 1. The maximum atomic E-state index is 11.9. The molecule has 0 atom stereocenters. The summed E-state index contributed by atoms with van der Waals surface area (Å²) in [6.07, 6.45) is 5.84. The van der Waals surface area contributed by atoms with Gasteiger partial charge in [-0.1, -0.05) is 23.7 Å². The number of allylic oxidation sites excluding steroid dienone is 1. The number of anilines is 1. The summed E-state index contributed by atoms with van der Waals surface area (Å²) in [5, 5.41) is 29.9. The molecule has 168 valence electrons. The summed E-state index contributed by atoms with van der Waals surface area (Å²) in [6.45, 7) is 0.504. The van der Waals surface area contributed by atoms with E-state index in [9.17, 15) is 15.2 Å². The molecule has 0 radical (unpaired) electrons. The Bertz CT molecular complexity index is 1330. The third-order valence-corrected chi connectivity index (χ3v) is 6.64. The number of aromatic nitrogens is 1. The highest BCUT2D eigenvalue weighted by atomic mass is 35.5. The summed E-state index contributed by atoms with van der Waals surface area (Å²) in [7, 11) is 0. The van der Waals surface area contributed by atoms with E-state index in [1.54, 1.807) is 18.2 Å². The van der Waals surface area contributed by atoms with Gasteiger partial charge in [-0.25, -0.2) is 4.79 Å². The number of nitrogens with zero attached hydrogens (tertiary/aromatic N) is 4. The Balaban J connectivity index is 1.43. The summed E-state index contributed by atoms with van der Waals surface area (Å²) in [4.78, 5) is 16.6. The van der Waals surface area contributed by atoms with Crippen LogP contribution in [0.15, 0.2) is 45.6 Å². The topological polar surface area (TPSA) is 114 Å². The zero-order chi connectivity index (χ0) is 22.9. The molecule has 2 N–H and O–H groups in total. The van der Waals surface area contributed by atoms with Crippen molar-refractivity contribution in [2.45, 2.75) is 38.3 Å². The van der Waals surface area contributed by atoms with Gasteiger partial charge in [0.2, 0.25) is 0 Å². The number of aromatic amines is 1. The summed E-state index contributed by atoms with van der Waals surface area (Å²) in [6, 6.07) is 9.46. The number of nitriles is 1. The summed E-state index contributed by atoms with van der Waals surface area (Å²) in [5.41, 5.74) is 2.85. The monoisotopic (exact) mass is 463 g/mol. The lowest BCUT2D eigenvalue weighted by Crippen LogP contribution is -2.33. The van der Waals surface area contributed by atoms with Gasteiger partial charge in [0.15, 0.2) is 0 Å². The van der Waals surface area contributed by atoms with Gasteiger partial charge in [-0.05, 0) is 50.0 Å². The third kappa shape index (κ3) is 4.00. The van der Waals surface area contributed by atoms with Crippen molar-refractivity contribution >= 4 is 35.2 Å². The number of fused-ring (bicyclic) bond motifs is 3. The minimum Gasteiger partial charge on any atom is -0.489 e. The average Bonchev–Trinajstić information content (AvgIpc) is 3.08. The smallest absolute Gasteiger partial charge is 0.412 e. The van der Waals surface area contributed by atoms with Crippen LogP contribution in [0.4, 0.5) is 10.5 Å². The lowest BCUT2D eigenvalue weighted by molar-refractivity contribution is 0.142. The molecule has 5 rings (SSSR count). The van der Waals surface area contributed by atoms with Crippen LogP contribution in [0.2, 0.25) is 0 Å². The quantitative estimate of drug-likeness (QED) is 0.715. The Kier molecular flexibility index (Phi) is 5.65. The van der Waals surface area contributed by atoms with Crippen LogP contribution in [0.25, 0.3) is 11.8 Å². The molecule has 33 heavy (non-hydrogen) atoms. The Morgan fingerprint density at radius 1 is 1.27 bits per heavy atom. The number of amides is 1. The Labute approximate surface area is 195 Å². The normalized spacial score (nSPS) is 21.8. The van der Waals surface area contributed by atoms with Crippen molar-refractivity contribution in [3.8, 4) is 11.8 Å². The molecule has 0 saturated heterocycles. The van der Waals surface area contributed by atoms with Gasteiger partial charge in [-0.2, -0.15) is 15.5 Å². The van der Waals surface area contributed by atoms with E-state index in [2.05, 4.69) is 21.3 Å². The second kappa shape index (κ2) is 8.75. The largest absolute Gasteiger partial charge is 0.489 e. The fraction of sp³-hybridized carbons (Fsp3) is 0.333. The van der Waals surface area contributed by atoms with E-state index >= 15 is 0 Å². The molecule has 0 unspecified atom stereocenters. The Morgan fingerprint density at radius 3 is 2.82 bits per heavy atom. The first-order valence-electron chi connectivity index (χ1n) is 10.9. The molecule has 0 spiro atoms. The van der Waals surface area contributed by atoms with Crippen LogP contribution < -0.4 is 20.3 Å². The van der Waals surface area contributed by atoms with Gasteiger partial charge < -0.3 is 14.8 Å². The van der Waals surface area contributed by atoms with Crippen molar-refractivity contribution in [3.05, 3.63) is 57.2 Å². The van der Waals surface area contributed by atoms with Crippen LogP contribution in [0.5, 0.6) is 5.75 Å². The summed E-state index contributed by atoms with van der Waals surface area (Å²) < 4.78 is 6.12. The van der Waals surface area contributed by atoms with E-state index in [-0.39, 0.29) is 18.6 Å². The van der Waals surface area contributed by atoms with Crippen molar-refractivity contribution in [1.82, 2.24) is 4.98 Å². The number of ether oxygens (including phenoxy) is 1. The van der Waals surface area contributed by atoms with Gasteiger partial charge in [0, 0.05) is 23.1 Å². The molecule has 3 heterocycles. The van der Waals surface area contributed by atoms with Crippen LogP contribution >= 0.6 is 11.6 Å². The van der Waals surface area contributed by atoms with Gasteiger partial charge in [-0.15, -0.1) is 0 Å². The van der Waals surface area contributed by atoms with E-state index in [1.807, 2.05) is 18.2 Å². The SMILES string of the molecule is N#Cc1ccccc1OC1CCC(C2=c3[nH]c4c(c3CN=N2)N(C(=O)O)CC=C(Cl)C=4)CC1. The van der Waals surface area contributed by atoms with E-state index in [0.29, 0.717) is 33.9 Å². The lowest BCUT2D eigenvalue weighted by Gasteiger charge is -2.29. The second-order valence-corrected chi connectivity index (χ2v) is 8.79. The number of hydrogen-bond acceptors (Lipinski definition) is 5. The molecule has 1 aromatic heterocycles. The summed E-state index contributed by atoms with van der Waals surface area (Å²) in [5.74, 6) is 0.809. The Hall–Kier alpha value is -3.57. The molecule has 0 bridgehead atoms. The first kappa shape index (κ1) is 21.3. The fourth-order valence-electron chi connectivity index (χ4n) is 4.79. The van der Waals surface area contributed by atoms with Crippen molar-refractivity contribution in [3.63, 3.8) is 0 Å². The number of azo groups is 1. The number of benzene rings is 1. The first-order valence-corrected chi connectivity index (χ1v) is 11.3. The number of carboxylic acid groups (broad SMARTS) is 1. The average molecular weight is 464 g/mol. The number of halogens is 1. The molecule has 1 saturated carbocycles. The molecular weight excluding hydrogens is 442 g/mol. The highest BCUT2D eigenvalue weighted by Gasteiger charge is 2.30. The van der Waals surface area contributed by atoms with Gasteiger partial charge >= 0.3 is 6.09 Å². The minimum absolute atomic E-state index is 0.0384. The van der Waals surface area contributed by atoms with Crippen LogP contribution in [0.1, 0.15) is 36.8 Å². The highest BCUT2D eigenvalue weighted by molar-refractivity contribution is 6.34. The van der Waals surface area contributed by atoms with Crippen molar-refractivity contribution in [1.29, 1.82) is 5.26 Å². The molecule has 1 aromatic carbocycles. The Morgan fingerprint density at radius 2 is 2.06 bits per heavy atom. The molecule has 3 aliphatic rings. The van der Waals surface area contributed by atoms with Crippen molar-refractivity contribution in [2.24, 2.45) is 16.1 Å². The van der Waals surface area contributed by atoms with Crippen molar-refractivity contribution in [2.75, 3.05) is 11.4 Å². The molecule has 2 aromatic rings. The molecular formula is C24H22ClN5O3. The zero-order valence-corrected chi connectivity index (χ0v) is 18.5. The second-order valence-electron chi connectivity index (χ2n) is 8.35. The predicted octanol–water partition coefficient (Wildman–Crippen LogP) is 4.00.